The highest BCUT2D eigenvalue weighted by Crippen LogP contribution is 2.20. The Morgan fingerprint density at radius 1 is 1.24 bits per heavy atom. The molecule has 0 atom stereocenters. The molecular weight excluding hydrogens is 270 g/mol. The molecule has 0 aromatic heterocycles. The van der Waals surface area contributed by atoms with Gasteiger partial charge in [0.15, 0.2) is 5.92 Å². The summed E-state index contributed by atoms with van der Waals surface area (Å²) in [5.41, 5.74) is 1.95. The first kappa shape index (κ1) is 15.4. The van der Waals surface area contributed by atoms with E-state index in [1.165, 1.54) is 18.4 Å². The van der Waals surface area contributed by atoms with E-state index < -0.39 is 23.8 Å². The van der Waals surface area contributed by atoms with Crippen LogP contribution in [0.15, 0.2) is 16.6 Å². The van der Waals surface area contributed by atoms with Crippen molar-refractivity contribution in [2.45, 2.75) is 45.4 Å². The molecule has 1 heterocycles. The number of hydrogen-bond donors (Lipinski definition) is 2. The van der Waals surface area contributed by atoms with Gasteiger partial charge in [-0.15, -0.1) is 0 Å². The molecule has 0 unspecified atom stereocenters. The third kappa shape index (κ3) is 4.00. The Balaban J connectivity index is 1.99. The highest BCUT2D eigenvalue weighted by molar-refractivity contribution is 6.27. The number of allylic oxidation sites excluding steroid dienone is 1. The lowest BCUT2D eigenvalue weighted by atomic mass is 9.96. The van der Waals surface area contributed by atoms with Crippen LogP contribution in [0.25, 0.3) is 0 Å². The lowest BCUT2D eigenvalue weighted by Crippen LogP contribution is -2.57. The molecule has 1 aliphatic carbocycles. The van der Waals surface area contributed by atoms with E-state index in [1.54, 1.807) is 0 Å². The average Bonchev–Trinajstić information content (AvgIpc) is 2.45. The summed E-state index contributed by atoms with van der Waals surface area (Å²) in [5, 5.41) is 4.22. The second kappa shape index (κ2) is 7.15. The lowest BCUT2D eigenvalue weighted by Gasteiger charge is -2.21. The smallest absolute Gasteiger partial charge is 0.292 e. The fraction of sp³-hybridized carbons (Fsp3) is 0.600. The SMILES string of the molecule is CCC(=NCCC1=CCCCC1)C1C(=O)NC(=O)NC1=O. The van der Waals surface area contributed by atoms with Crippen LogP contribution in [0.2, 0.25) is 0 Å². The van der Waals surface area contributed by atoms with Gasteiger partial charge in [-0.05, 0) is 38.5 Å². The van der Waals surface area contributed by atoms with Crippen molar-refractivity contribution in [1.82, 2.24) is 10.6 Å². The molecule has 2 aliphatic rings. The van der Waals surface area contributed by atoms with Crippen molar-refractivity contribution in [3.63, 3.8) is 0 Å². The number of carbonyl (C=O) groups excluding carboxylic acids is 3. The number of aliphatic imine (C=N–C) groups is 1. The highest BCUT2D eigenvalue weighted by Gasteiger charge is 2.37. The summed E-state index contributed by atoms with van der Waals surface area (Å²) < 4.78 is 0. The van der Waals surface area contributed by atoms with Crippen molar-refractivity contribution < 1.29 is 14.4 Å². The Morgan fingerprint density at radius 2 is 1.95 bits per heavy atom. The van der Waals surface area contributed by atoms with Crippen molar-refractivity contribution in [3.05, 3.63) is 11.6 Å². The molecule has 4 amide bonds. The van der Waals surface area contributed by atoms with Gasteiger partial charge in [-0.1, -0.05) is 18.6 Å². The van der Waals surface area contributed by atoms with Gasteiger partial charge in [-0.2, -0.15) is 0 Å². The van der Waals surface area contributed by atoms with Gasteiger partial charge in [0.05, 0.1) is 0 Å². The number of nitrogens with one attached hydrogen (secondary N) is 2. The van der Waals surface area contributed by atoms with Crippen LogP contribution in [0, 0.1) is 5.92 Å². The number of rotatable bonds is 5. The van der Waals surface area contributed by atoms with E-state index in [1.807, 2.05) is 6.92 Å². The number of hydrogen-bond acceptors (Lipinski definition) is 4. The second-order valence-electron chi connectivity index (χ2n) is 5.33. The van der Waals surface area contributed by atoms with Gasteiger partial charge in [0, 0.05) is 12.3 Å². The first-order valence-electron chi connectivity index (χ1n) is 7.48. The first-order chi connectivity index (χ1) is 10.1. The number of amides is 4. The number of imide groups is 2. The molecule has 0 aromatic rings. The Kier molecular flexibility index (Phi) is 5.25. The predicted octanol–water partition coefficient (Wildman–Crippen LogP) is 1.71. The fourth-order valence-electron chi connectivity index (χ4n) is 2.70. The summed E-state index contributed by atoms with van der Waals surface area (Å²) in [4.78, 5) is 39.1. The molecule has 6 nitrogen and oxygen atoms in total. The molecule has 1 saturated heterocycles. The zero-order valence-corrected chi connectivity index (χ0v) is 12.3. The normalized spacial score (nSPS) is 20.9. The molecule has 1 fully saturated rings. The third-order valence-electron chi connectivity index (χ3n) is 3.83. The van der Waals surface area contributed by atoms with Crippen LogP contribution in [0.4, 0.5) is 4.79 Å². The molecule has 0 aromatic carbocycles. The number of barbiturate groups is 1. The fourth-order valence-corrected chi connectivity index (χ4v) is 2.70. The Morgan fingerprint density at radius 3 is 2.52 bits per heavy atom. The number of carbonyl (C=O) groups is 3. The summed E-state index contributed by atoms with van der Waals surface area (Å²) in [6, 6.07) is -0.760. The summed E-state index contributed by atoms with van der Waals surface area (Å²) >= 11 is 0. The maximum absolute atomic E-state index is 11.8. The van der Waals surface area contributed by atoms with Gasteiger partial charge in [0.1, 0.15) is 0 Å². The zero-order valence-electron chi connectivity index (χ0n) is 12.3. The van der Waals surface area contributed by atoms with Crippen LogP contribution in [-0.4, -0.2) is 30.1 Å². The monoisotopic (exact) mass is 291 g/mol. The first-order valence-corrected chi connectivity index (χ1v) is 7.48. The second-order valence-corrected chi connectivity index (χ2v) is 5.33. The van der Waals surface area contributed by atoms with Crippen LogP contribution in [0.5, 0.6) is 0 Å². The number of nitrogens with zero attached hydrogens (tertiary/aromatic N) is 1. The summed E-state index contributed by atoms with van der Waals surface area (Å²) in [6.45, 7) is 2.44. The minimum Gasteiger partial charge on any atom is -0.292 e. The summed E-state index contributed by atoms with van der Waals surface area (Å²) in [6.07, 6.45) is 8.39. The molecule has 6 heteroatoms. The van der Waals surface area contributed by atoms with E-state index in [0.717, 1.165) is 19.3 Å². The number of urea groups is 1. The topological polar surface area (TPSA) is 87.6 Å². The van der Waals surface area contributed by atoms with Gasteiger partial charge < -0.3 is 0 Å². The standard InChI is InChI=1S/C15H21N3O3/c1-2-11(12-13(19)17-15(21)18-14(12)20)16-9-8-10-6-4-3-5-7-10/h6,12H,2-5,7-9H2,1H3,(H2,17,18,19,20,21). The Hall–Kier alpha value is -1.98. The van der Waals surface area contributed by atoms with E-state index in [0.29, 0.717) is 18.7 Å². The molecule has 114 valence electrons. The van der Waals surface area contributed by atoms with Gasteiger partial charge in [0.2, 0.25) is 11.8 Å². The van der Waals surface area contributed by atoms with Crippen molar-refractivity contribution in [1.29, 1.82) is 0 Å². The van der Waals surface area contributed by atoms with E-state index in [9.17, 15) is 14.4 Å². The van der Waals surface area contributed by atoms with Crippen LogP contribution in [0.1, 0.15) is 45.4 Å². The van der Waals surface area contributed by atoms with Crippen molar-refractivity contribution in [2.24, 2.45) is 10.9 Å². The molecular formula is C15H21N3O3. The van der Waals surface area contributed by atoms with Crippen molar-refractivity contribution in [3.8, 4) is 0 Å². The predicted molar refractivity (Wildman–Crippen MR) is 78.9 cm³/mol. The van der Waals surface area contributed by atoms with Crippen molar-refractivity contribution >= 4 is 23.6 Å². The molecule has 1 aliphatic heterocycles. The molecule has 2 N–H and O–H groups in total. The van der Waals surface area contributed by atoms with Crippen LogP contribution >= 0.6 is 0 Å². The maximum atomic E-state index is 11.8. The van der Waals surface area contributed by atoms with E-state index in [-0.39, 0.29) is 0 Å². The molecule has 2 rings (SSSR count). The van der Waals surface area contributed by atoms with Crippen LogP contribution in [0.3, 0.4) is 0 Å². The Bertz CT molecular complexity index is 488. The minimum absolute atomic E-state index is 0.513. The highest BCUT2D eigenvalue weighted by atomic mass is 16.2. The average molecular weight is 291 g/mol. The van der Waals surface area contributed by atoms with Gasteiger partial charge in [0.25, 0.3) is 0 Å². The summed E-state index contributed by atoms with van der Waals surface area (Å²) in [5.74, 6) is -2.14. The largest absolute Gasteiger partial charge is 0.328 e. The van der Waals surface area contributed by atoms with Crippen LogP contribution < -0.4 is 10.6 Å². The van der Waals surface area contributed by atoms with E-state index >= 15 is 0 Å². The molecule has 0 radical (unpaired) electrons. The van der Waals surface area contributed by atoms with Gasteiger partial charge in [-0.25, -0.2) is 4.79 Å². The molecule has 0 bridgehead atoms. The van der Waals surface area contributed by atoms with E-state index in [4.69, 9.17) is 0 Å². The van der Waals surface area contributed by atoms with Gasteiger partial charge in [-0.3, -0.25) is 25.2 Å². The summed E-state index contributed by atoms with van der Waals surface area (Å²) in [7, 11) is 0. The van der Waals surface area contributed by atoms with Gasteiger partial charge >= 0.3 is 6.03 Å². The van der Waals surface area contributed by atoms with E-state index in [2.05, 4.69) is 21.7 Å². The quantitative estimate of drug-likeness (QED) is 0.459. The molecule has 0 spiro atoms. The zero-order chi connectivity index (χ0) is 15.2. The van der Waals surface area contributed by atoms with Crippen molar-refractivity contribution in [2.75, 3.05) is 6.54 Å². The minimum atomic E-state index is -0.979. The maximum Gasteiger partial charge on any atom is 0.328 e. The lowest BCUT2D eigenvalue weighted by molar-refractivity contribution is -0.132. The Labute approximate surface area is 124 Å². The molecule has 21 heavy (non-hydrogen) atoms. The van der Waals surface area contributed by atoms with Crippen LogP contribution in [-0.2, 0) is 9.59 Å². The molecule has 0 saturated carbocycles. The third-order valence-corrected chi connectivity index (χ3v) is 3.83.